The number of fused-ring (bicyclic) bond motifs is 1. The van der Waals surface area contributed by atoms with E-state index in [2.05, 4.69) is 4.98 Å². The predicted molar refractivity (Wildman–Crippen MR) is 94.1 cm³/mol. The highest BCUT2D eigenvalue weighted by Crippen LogP contribution is 2.30. The number of ether oxygens (including phenoxy) is 1. The summed E-state index contributed by atoms with van der Waals surface area (Å²) in [7, 11) is 0. The maximum Gasteiger partial charge on any atom is 0.252 e. The van der Waals surface area contributed by atoms with Crippen LogP contribution >= 0.6 is 0 Å². The molecule has 7 nitrogen and oxygen atoms in total. The third-order valence-electron chi connectivity index (χ3n) is 5.67. The van der Waals surface area contributed by atoms with Crippen LogP contribution in [-0.2, 0) is 27.3 Å². The lowest BCUT2D eigenvalue weighted by atomic mass is 10.00. The van der Waals surface area contributed by atoms with Gasteiger partial charge in [0.25, 0.3) is 5.91 Å². The molecule has 2 atom stereocenters. The SMILES string of the molecule is CC(=O)N1CCCCC1c1ncc2c(n1)CCN(C(=O)C1CCCO1)C2. The smallest absolute Gasteiger partial charge is 0.252 e. The molecule has 0 aliphatic carbocycles. The van der Waals surface area contributed by atoms with Crippen LogP contribution in [0.4, 0.5) is 0 Å². The molecule has 3 aliphatic rings. The molecule has 0 spiro atoms. The highest BCUT2D eigenvalue weighted by Gasteiger charge is 2.32. The first kappa shape index (κ1) is 17.4. The van der Waals surface area contributed by atoms with Crippen molar-refractivity contribution in [2.24, 2.45) is 0 Å². The fourth-order valence-corrected chi connectivity index (χ4v) is 4.23. The quantitative estimate of drug-likeness (QED) is 0.803. The largest absolute Gasteiger partial charge is 0.368 e. The van der Waals surface area contributed by atoms with Crippen molar-refractivity contribution in [1.82, 2.24) is 19.8 Å². The van der Waals surface area contributed by atoms with Crippen LogP contribution in [-0.4, -0.2) is 57.4 Å². The molecule has 0 bridgehead atoms. The molecule has 2 unspecified atom stereocenters. The average molecular weight is 358 g/mol. The second kappa shape index (κ2) is 7.31. The summed E-state index contributed by atoms with van der Waals surface area (Å²) in [6.45, 7) is 4.30. The van der Waals surface area contributed by atoms with Crippen LogP contribution in [0, 0.1) is 0 Å². The number of likely N-dealkylation sites (tertiary alicyclic amines) is 1. The first-order chi connectivity index (χ1) is 12.6. The van der Waals surface area contributed by atoms with Gasteiger partial charge < -0.3 is 14.5 Å². The lowest BCUT2D eigenvalue weighted by molar-refractivity contribution is -0.142. The fourth-order valence-electron chi connectivity index (χ4n) is 4.23. The van der Waals surface area contributed by atoms with Gasteiger partial charge in [-0.2, -0.15) is 0 Å². The number of carbonyl (C=O) groups is 2. The van der Waals surface area contributed by atoms with Crippen LogP contribution in [0.15, 0.2) is 6.20 Å². The van der Waals surface area contributed by atoms with E-state index in [1.54, 1.807) is 6.92 Å². The Balaban J connectivity index is 1.50. The first-order valence-electron chi connectivity index (χ1n) is 9.66. The lowest BCUT2D eigenvalue weighted by Crippen LogP contribution is -2.42. The number of hydrogen-bond acceptors (Lipinski definition) is 5. The average Bonchev–Trinajstić information content (AvgIpc) is 3.21. The van der Waals surface area contributed by atoms with Gasteiger partial charge in [-0.25, -0.2) is 9.97 Å². The van der Waals surface area contributed by atoms with Crippen LogP contribution in [0.3, 0.4) is 0 Å². The summed E-state index contributed by atoms with van der Waals surface area (Å²) in [6.07, 6.45) is 7.14. The predicted octanol–water partition coefficient (Wildman–Crippen LogP) is 1.61. The normalized spacial score (nSPS) is 25.9. The van der Waals surface area contributed by atoms with Crippen molar-refractivity contribution in [1.29, 1.82) is 0 Å². The van der Waals surface area contributed by atoms with Crippen molar-refractivity contribution in [2.75, 3.05) is 19.7 Å². The second-order valence-electron chi connectivity index (χ2n) is 7.44. The minimum Gasteiger partial charge on any atom is -0.368 e. The van der Waals surface area contributed by atoms with Crippen LogP contribution < -0.4 is 0 Å². The molecule has 7 heteroatoms. The van der Waals surface area contributed by atoms with E-state index in [-0.39, 0.29) is 24.0 Å². The zero-order valence-corrected chi connectivity index (χ0v) is 15.3. The lowest BCUT2D eigenvalue weighted by Gasteiger charge is -2.35. The fraction of sp³-hybridized carbons (Fsp3) is 0.684. The van der Waals surface area contributed by atoms with Gasteiger partial charge in [-0.05, 0) is 32.1 Å². The van der Waals surface area contributed by atoms with Crippen LogP contribution in [0.1, 0.15) is 62.2 Å². The molecule has 0 aromatic carbocycles. The second-order valence-corrected chi connectivity index (χ2v) is 7.44. The third-order valence-corrected chi connectivity index (χ3v) is 5.67. The van der Waals surface area contributed by atoms with Gasteiger partial charge >= 0.3 is 0 Å². The molecular formula is C19H26N4O3. The standard InChI is InChI=1S/C19H26N4O3/c1-13(24)23-8-3-2-5-16(23)18-20-11-14-12-22(9-7-15(14)21-18)19(25)17-6-4-10-26-17/h11,16-17H,2-10,12H2,1H3. The molecule has 3 aliphatic heterocycles. The summed E-state index contributed by atoms with van der Waals surface area (Å²) in [5, 5.41) is 0. The molecule has 1 aromatic heterocycles. The summed E-state index contributed by atoms with van der Waals surface area (Å²) in [4.78, 5) is 37.6. The third kappa shape index (κ3) is 3.32. The molecule has 140 valence electrons. The van der Waals surface area contributed by atoms with Gasteiger partial charge in [-0.1, -0.05) is 0 Å². The number of piperidine rings is 1. The molecule has 1 aromatic rings. The highest BCUT2D eigenvalue weighted by molar-refractivity contribution is 5.81. The number of amides is 2. The monoisotopic (exact) mass is 358 g/mol. The van der Waals surface area contributed by atoms with Gasteiger partial charge in [0.05, 0.1) is 11.7 Å². The van der Waals surface area contributed by atoms with Crippen molar-refractivity contribution in [3.05, 3.63) is 23.3 Å². The first-order valence-corrected chi connectivity index (χ1v) is 9.66. The Morgan fingerprint density at radius 2 is 2.08 bits per heavy atom. The molecule has 0 radical (unpaired) electrons. The van der Waals surface area contributed by atoms with Crippen molar-refractivity contribution in [2.45, 2.75) is 64.1 Å². The minimum atomic E-state index is -0.275. The van der Waals surface area contributed by atoms with E-state index in [1.807, 2.05) is 16.0 Å². The minimum absolute atomic E-state index is 0.0156. The van der Waals surface area contributed by atoms with E-state index in [1.165, 1.54) is 0 Å². The van der Waals surface area contributed by atoms with Gasteiger partial charge in [0.1, 0.15) is 6.10 Å². The van der Waals surface area contributed by atoms with Gasteiger partial charge in [-0.15, -0.1) is 0 Å². The number of nitrogens with zero attached hydrogens (tertiary/aromatic N) is 4. The Hall–Kier alpha value is -2.02. The molecule has 26 heavy (non-hydrogen) atoms. The number of carbonyl (C=O) groups excluding carboxylic acids is 2. The highest BCUT2D eigenvalue weighted by atomic mass is 16.5. The molecule has 2 fully saturated rings. The van der Waals surface area contributed by atoms with E-state index in [9.17, 15) is 9.59 Å². The summed E-state index contributed by atoms with van der Waals surface area (Å²) < 4.78 is 5.53. The Bertz CT molecular complexity index is 702. The van der Waals surface area contributed by atoms with E-state index < -0.39 is 0 Å². The van der Waals surface area contributed by atoms with Crippen molar-refractivity contribution in [3.63, 3.8) is 0 Å². The van der Waals surface area contributed by atoms with E-state index in [0.29, 0.717) is 19.7 Å². The molecule has 4 rings (SSSR count). The summed E-state index contributed by atoms with van der Waals surface area (Å²) in [6, 6.07) is -0.0156. The zero-order chi connectivity index (χ0) is 18.1. The van der Waals surface area contributed by atoms with Crippen molar-refractivity contribution < 1.29 is 14.3 Å². The van der Waals surface area contributed by atoms with Gasteiger partial charge in [0, 0.05) is 51.3 Å². The van der Waals surface area contributed by atoms with Crippen LogP contribution in [0.25, 0.3) is 0 Å². The maximum atomic E-state index is 12.6. The summed E-state index contributed by atoms with van der Waals surface area (Å²) in [5.41, 5.74) is 2.02. The molecule has 2 amide bonds. The Labute approximate surface area is 153 Å². The Morgan fingerprint density at radius 1 is 1.19 bits per heavy atom. The van der Waals surface area contributed by atoms with E-state index in [0.717, 1.165) is 62.2 Å². The molecule has 2 saturated heterocycles. The van der Waals surface area contributed by atoms with Gasteiger partial charge in [-0.3, -0.25) is 9.59 Å². The molecule has 0 N–H and O–H groups in total. The zero-order valence-electron chi connectivity index (χ0n) is 15.3. The Morgan fingerprint density at radius 3 is 2.85 bits per heavy atom. The number of hydrogen-bond donors (Lipinski definition) is 0. The van der Waals surface area contributed by atoms with Crippen molar-refractivity contribution in [3.8, 4) is 0 Å². The van der Waals surface area contributed by atoms with E-state index >= 15 is 0 Å². The van der Waals surface area contributed by atoms with E-state index in [4.69, 9.17) is 9.72 Å². The number of aromatic nitrogens is 2. The van der Waals surface area contributed by atoms with Gasteiger partial charge in [0.2, 0.25) is 5.91 Å². The molecule has 4 heterocycles. The van der Waals surface area contributed by atoms with Crippen LogP contribution in [0.2, 0.25) is 0 Å². The van der Waals surface area contributed by atoms with Crippen LogP contribution in [0.5, 0.6) is 0 Å². The number of rotatable bonds is 2. The maximum absolute atomic E-state index is 12.6. The molecule has 0 saturated carbocycles. The topological polar surface area (TPSA) is 75.6 Å². The summed E-state index contributed by atoms with van der Waals surface area (Å²) >= 11 is 0. The Kier molecular flexibility index (Phi) is 4.89. The van der Waals surface area contributed by atoms with Crippen molar-refractivity contribution >= 4 is 11.8 Å². The van der Waals surface area contributed by atoms with Gasteiger partial charge in [0.15, 0.2) is 5.82 Å². The summed E-state index contributed by atoms with van der Waals surface area (Å²) in [5.74, 6) is 0.925. The molecular weight excluding hydrogens is 332 g/mol.